The topological polar surface area (TPSA) is 0 Å². The van der Waals surface area contributed by atoms with Crippen LogP contribution in [0.2, 0.25) is 0 Å². The van der Waals surface area contributed by atoms with Crippen molar-refractivity contribution < 1.29 is 0 Å². The summed E-state index contributed by atoms with van der Waals surface area (Å²) in [6, 6.07) is 4.84. The van der Waals surface area contributed by atoms with E-state index in [0.717, 1.165) is 0 Å². The fourth-order valence-electron chi connectivity index (χ4n) is 3.81. The predicted molar refractivity (Wildman–Crippen MR) is 96.5 cm³/mol. The number of benzene rings is 1. The summed E-state index contributed by atoms with van der Waals surface area (Å²) in [6.07, 6.45) is 14.0. The largest absolute Gasteiger partial charge is 0.0596 e. The zero-order valence-electron chi connectivity index (χ0n) is 15.2. The number of hydrogen-bond donors (Lipinski definition) is 0. The molecule has 0 radical (unpaired) electrons. The summed E-state index contributed by atoms with van der Waals surface area (Å²) in [7, 11) is 0. The van der Waals surface area contributed by atoms with E-state index in [1.807, 2.05) is 0 Å². The summed E-state index contributed by atoms with van der Waals surface area (Å²) in [5.41, 5.74) is 7.75. The Morgan fingerprint density at radius 1 is 0.727 bits per heavy atom. The van der Waals surface area contributed by atoms with Crippen molar-refractivity contribution in [3.05, 3.63) is 34.4 Å². The molecule has 2 fully saturated rings. The van der Waals surface area contributed by atoms with Crippen molar-refractivity contribution in [1.29, 1.82) is 0 Å². The molecule has 0 saturated heterocycles. The standard InChI is InChI=1S/C22H34/c1-17-18(2)20(8-6-12-22(4)15-16-22)10-9-19(17)7-5-11-21(3)13-14-21/h9-10H,5-8,11-16H2,1-4H3. The smallest absolute Gasteiger partial charge is 0.0276 e. The van der Waals surface area contributed by atoms with Crippen LogP contribution in [0.3, 0.4) is 0 Å². The first-order chi connectivity index (χ1) is 10.4. The number of rotatable bonds is 8. The van der Waals surface area contributed by atoms with Crippen molar-refractivity contribution >= 4 is 0 Å². The normalized spacial score (nSPS) is 20.9. The van der Waals surface area contributed by atoms with E-state index in [4.69, 9.17) is 0 Å². The monoisotopic (exact) mass is 298 g/mol. The van der Waals surface area contributed by atoms with Gasteiger partial charge in [0.2, 0.25) is 0 Å². The quantitative estimate of drug-likeness (QED) is 0.510. The molecule has 1 aromatic rings. The molecule has 0 bridgehead atoms. The highest BCUT2D eigenvalue weighted by Crippen LogP contribution is 2.49. The van der Waals surface area contributed by atoms with Crippen molar-refractivity contribution in [3.8, 4) is 0 Å². The second-order valence-corrected chi connectivity index (χ2v) is 8.96. The molecule has 3 rings (SSSR count). The second-order valence-electron chi connectivity index (χ2n) is 8.96. The molecule has 0 atom stereocenters. The van der Waals surface area contributed by atoms with Gasteiger partial charge in [-0.05, 0) is 111 Å². The van der Waals surface area contributed by atoms with Crippen molar-refractivity contribution in [3.63, 3.8) is 0 Å². The van der Waals surface area contributed by atoms with Crippen LogP contribution in [0.4, 0.5) is 0 Å². The van der Waals surface area contributed by atoms with E-state index in [1.165, 1.54) is 64.2 Å². The van der Waals surface area contributed by atoms with Gasteiger partial charge in [-0.1, -0.05) is 26.0 Å². The van der Waals surface area contributed by atoms with Gasteiger partial charge in [0, 0.05) is 0 Å². The van der Waals surface area contributed by atoms with E-state index < -0.39 is 0 Å². The molecular formula is C22H34. The Labute approximate surface area is 137 Å². The third kappa shape index (κ3) is 3.94. The van der Waals surface area contributed by atoms with Gasteiger partial charge in [0.1, 0.15) is 0 Å². The lowest BCUT2D eigenvalue weighted by atomic mass is 9.90. The van der Waals surface area contributed by atoms with Gasteiger partial charge < -0.3 is 0 Å². The molecule has 2 aliphatic rings. The van der Waals surface area contributed by atoms with Crippen LogP contribution < -0.4 is 0 Å². The first kappa shape index (κ1) is 16.1. The third-order valence-electron chi connectivity index (χ3n) is 6.67. The highest BCUT2D eigenvalue weighted by atomic mass is 14.4. The number of aryl methyl sites for hydroxylation is 2. The van der Waals surface area contributed by atoms with Crippen LogP contribution in [-0.2, 0) is 12.8 Å². The van der Waals surface area contributed by atoms with Crippen LogP contribution in [0.25, 0.3) is 0 Å². The van der Waals surface area contributed by atoms with E-state index in [2.05, 4.69) is 39.8 Å². The van der Waals surface area contributed by atoms with Crippen molar-refractivity contribution in [2.45, 2.75) is 91.9 Å². The molecule has 0 heterocycles. The van der Waals surface area contributed by atoms with Crippen molar-refractivity contribution in [1.82, 2.24) is 0 Å². The summed E-state index contributed by atoms with van der Waals surface area (Å²) in [5, 5.41) is 0. The molecular weight excluding hydrogens is 264 g/mol. The van der Waals surface area contributed by atoms with Gasteiger partial charge in [-0.2, -0.15) is 0 Å². The van der Waals surface area contributed by atoms with Crippen molar-refractivity contribution in [2.75, 3.05) is 0 Å². The molecule has 0 amide bonds. The molecule has 0 spiro atoms. The SMILES string of the molecule is Cc1c(CCCC2(C)CC2)ccc(CCCC2(C)CC2)c1C. The van der Waals surface area contributed by atoms with E-state index in [-0.39, 0.29) is 0 Å². The molecule has 0 aromatic heterocycles. The summed E-state index contributed by atoms with van der Waals surface area (Å²) in [6.45, 7) is 9.59. The Balaban J connectivity index is 1.53. The highest BCUT2D eigenvalue weighted by molar-refractivity contribution is 5.39. The molecule has 0 heteroatoms. The zero-order chi connectivity index (χ0) is 15.8. The fraction of sp³-hybridized carbons (Fsp3) is 0.727. The van der Waals surface area contributed by atoms with E-state index in [0.29, 0.717) is 10.8 Å². The zero-order valence-corrected chi connectivity index (χ0v) is 15.2. The van der Waals surface area contributed by atoms with Crippen LogP contribution in [-0.4, -0.2) is 0 Å². The minimum atomic E-state index is 0.710. The van der Waals surface area contributed by atoms with E-state index >= 15 is 0 Å². The van der Waals surface area contributed by atoms with Gasteiger partial charge in [0.05, 0.1) is 0 Å². The molecule has 22 heavy (non-hydrogen) atoms. The first-order valence-corrected chi connectivity index (χ1v) is 9.49. The average molecular weight is 299 g/mol. The Morgan fingerprint density at radius 3 is 1.41 bits per heavy atom. The lowest BCUT2D eigenvalue weighted by Crippen LogP contribution is -2.01. The molecule has 122 valence electrons. The predicted octanol–water partition coefficient (Wildman–Crippen LogP) is 6.55. The van der Waals surface area contributed by atoms with Crippen LogP contribution in [0, 0.1) is 24.7 Å². The summed E-state index contributed by atoms with van der Waals surface area (Å²) < 4.78 is 0. The molecule has 0 unspecified atom stereocenters. The van der Waals surface area contributed by atoms with Crippen LogP contribution in [0.1, 0.15) is 87.5 Å². The van der Waals surface area contributed by atoms with E-state index in [1.54, 1.807) is 22.3 Å². The van der Waals surface area contributed by atoms with Gasteiger partial charge in [0.25, 0.3) is 0 Å². The lowest BCUT2D eigenvalue weighted by Gasteiger charge is -2.15. The summed E-state index contributed by atoms with van der Waals surface area (Å²) in [5.74, 6) is 0. The molecule has 0 N–H and O–H groups in total. The van der Waals surface area contributed by atoms with Crippen LogP contribution in [0.5, 0.6) is 0 Å². The van der Waals surface area contributed by atoms with Crippen molar-refractivity contribution in [2.24, 2.45) is 10.8 Å². The fourth-order valence-corrected chi connectivity index (χ4v) is 3.81. The molecule has 1 aromatic carbocycles. The average Bonchev–Trinajstić information content (AvgIpc) is 3.38. The molecule has 0 nitrogen and oxygen atoms in total. The Morgan fingerprint density at radius 2 is 1.09 bits per heavy atom. The second kappa shape index (κ2) is 6.02. The highest BCUT2D eigenvalue weighted by Gasteiger charge is 2.36. The lowest BCUT2D eigenvalue weighted by molar-refractivity contribution is 0.493. The molecule has 2 saturated carbocycles. The maximum absolute atomic E-state index is 2.45. The molecule has 2 aliphatic carbocycles. The van der Waals surface area contributed by atoms with Gasteiger partial charge in [-0.25, -0.2) is 0 Å². The Hall–Kier alpha value is -0.780. The minimum absolute atomic E-state index is 0.710. The Kier molecular flexibility index (Phi) is 4.40. The minimum Gasteiger partial charge on any atom is -0.0596 e. The molecule has 0 aliphatic heterocycles. The third-order valence-corrected chi connectivity index (χ3v) is 6.67. The summed E-state index contributed by atoms with van der Waals surface area (Å²) >= 11 is 0. The van der Waals surface area contributed by atoms with Crippen LogP contribution in [0.15, 0.2) is 12.1 Å². The first-order valence-electron chi connectivity index (χ1n) is 9.49. The number of hydrogen-bond acceptors (Lipinski definition) is 0. The van der Waals surface area contributed by atoms with Crippen LogP contribution >= 0.6 is 0 Å². The van der Waals surface area contributed by atoms with E-state index in [9.17, 15) is 0 Å². The maximum Gasteiger partial charge on any atom is -0.0276 e. The van der Waals surface area contributed by atoms with Gasteiger partial charge >= 0.3 is 0 Å². The Bertz CT molecular complexity index is 480. The van der Waals surface area contributed by atoms with Gasteiger partial charge in [-0.3, -0.25) is 0 Å². The summed E-state index contributed by atoms with van der Waals surface area (Å²) in [4.78, 5) is 0. The van der Waals surface area contributed by atoms with Gasteiger partial charge in [-0.15, -0.1) is 0 Å². The van der Waals surface area contributed by atoms with Gasteiger partial charge in [0.15, 0.2) is 0 Å². The maximum atomic E-state index is 2.45.